The molecule has 4 atom stereocenters. The second-order valence-electron chi connectivity index (χ2n) is 16.9. The van der Waals surface area contributed by atoms with Gasteiger partial charge in [-0.05, 0) is 88.6 Å². The van der Waals surface area contributed by atoms with Gasteiger partial charge in [0.15, 0.2) is 0 Å². The summed E-state index contributed by atoms with van der Waals surface area (Å²) < 4.78 is 5.44. The fourth-order valence-electron chi connectivity index (χ4n) is 7.52. The van der Waals surface area contributed by atoms with Gasteiger partial charge in [0.25, 0.3) is 0 Å². The Morgan fingerprint density at radius 2 is 1.39 bits per heavy atom. The molecule has 16 nitrogen and oxygen atoms in total. The van der Waals surface area contributed by atoms with Crippen LogP contribution in [0.2, 0.25) is 0 Å². The number of hydrogen-bond acceptors (Lipinski definition) is 9. The van der Waals surface area contributed by atoms with Crippen molar-refractivity contribution in [3.8, 4) is 0 Å². The number of anilines is 2. The van der Waals surface area contributed by atoms with E-state index in [-0.39, 0.29) is 31.8 Å². The highest BCUT2D eigenvalue weighted by molar-refractivity contribution is 6.18. The molecule has 7 amide bonds. The molecule has 18 heteroatoms. The smallest absolute Gasteiger partial charge is 0.408 e. The van der Waals surface area contributed by atoms with Crippen molar-refractivity contribution in [2.75, 3.05) is 61.2 Å². The normalized spacial score (nSPS) is 17.2. The maximum absolute atomic E-state index is 14.1. The molecule has 4 rings (SSSR count). The Labute approximate surface area is 374 Å². The Balaban J connectivity index is 1.31. The summed E-state index contributed by atoms with van der Waals surface area (Å²) in [5.74, 6) is -2.11. The molecule has 0 unspecified atom stereocenters. The predicted molar refractivity (Wildman–Crippen MR) is 239 cm³/mol. The number of hydrogen-bond donors (Lipinski definition) is 5. The molecule has 2 saturated heterocycles. The third kappa shape index (κ3) is 15.4. The summed E-state index contributed by atoms with van der Waals surface area (Å²) in [5, 5.41) is 13.5. The molecule has 2 heterocycles. The van der Waals surface area contributed by atoms with Crippen LogP contribution in [0.3, 0.4) is 0 Å². The molecular weight excluding hydrogens is 839 g/mol. The molecule has 0 aromatic heterocycles. The first-order valence-corrected chi connectivity index (χ1v) is 22.3. The number of carbonyl (C=O) groups excluding carboxylic acids is 7. The third-order valence-electron chi connectivity index (χ3n) is 10.4. The van der Waals surface area contributed by atoms with E-state index in [9.17, 15) is 33.6 Å². The minimum atomic E-state index is -1.02. The van der Waals surface area contributed by atoms with Crippen molar-refractivity contribution in [3.05, 3.63) is 60.2 Å². The van der Waals surface area contributed by atoms with Crippen molar-refractivity contribution in [2.24, 2.45) is 5.92 Å². The monoisotopic (exact) mass is 900 g/mol. The molecule has 0 aliphatic carbocycles. The van der Waals surface area contributed by atoms with E-state index in [1.54, 1.807) is 32.9 Å². The summed E-state index contributed by atoms with van der Waals surface area (Å²) in [6.45, 7) is 10.0. The number of likely N-dealkylation sites (tertiary alicyclic amines) is 2. The van der Waals surface area contributed by atoms with Gasteiger partial charge in [-0.15, -0.1) is 23.2 Å². The van der Waals surface area contributed by atoms with Crippen LogP contribution < -0.4 is 31.5 Å². The minimum Gasteiger partial charge on any atom is -0.444 e. The number of carbonyl (C=O) groups is 7. The lowest BCUT2D eigenvalue weighted by molar-refractivity contribution is -0.141. The van der Waals surface area contributed by atoms with Crippen molar-refractivity contribution < 1.29 is 38.3 Å². The second-order valence-corrected chi connectivity index (χ2v) is 17.7. The second kappa shape index (κ2) is 23.9. The van der Waals surface area contributed by atoms with Gasteiger partial charge >= 0.3 is 6.09 Å². The first-order valence-electron chi connectivity index (χ1n) is 21.3. The molecule has 0 spiro atoms. The van der Waals surface area contributed by atoms with E-state index >= 15 is 0 Å². The zero-order chi connectivity index (χ0) is 45.4. The van der Waals surface area contributed by atoms with Crippen LogP contribution >= 0.6 is 23.2 Å². The number of halogens is 2. The van der Waals surface area contributed by atoms with E-state index in [0.717, 1.165) is 11.3 Å². The zero-order valence-electron chi connectivity index (χ0n) is 36.3. The number of rotatable bonds is 20. The van der Waals surface area contributed by atoms with Crippen LogP contribution in [0.5, 0.6) is 0 Å². The van der Waals surface area contributed by atoms with E-state index in [2.05, 4.69) is 26.6 Å². The fraction of sp³-hybridized carbons (Fsp3) is 0.568. The first kappa shape index (κ1) is 49.6. The maximum atomic E-state index is 14.1. The van der Waals surface area contributed by atoms with E-state index in [0.29, 0.717) is 62.8 Å². The van der Waals surface area contributed by atoms with Crippen molar-refractivity contribution >= 4 is 76.1 Å². The van der Waals surface area contributed by atoms with Gasteiger partial charge in [0.2, 0.25) is 35.4 Å². The van der Waals surface area contributed by atoms with Gasteiger partial charge in [-0.3, -0.25) is 28.8 Å². The molecule has 0 saturated carbocycles. The van der Waals surface area contributed by atoms with Crippen LogP contribution in [0, 0.1) is 5.92 Å². The molecule has 62 heavy (non-hydrogen) atoms. The summed E-state index contributed by atoms with van der Waals surface area (Å²) in [7, 11) is 0. The van der Waals surface area contributed by atoms with Crippen molar-refractivity contribution in [2.45, 2.75) is 103 Å². The lowest BCUT2D eigenvalue weighted by atomic mass is 10.0. The van der Waals surface area contributed by atoms with Gasteiger partial charge in [-0.1, -0.05) is 44.2 Å². The van der Waals surface area contributed by atoms with Gasteiger partial charge in [-0.2, -0.15) is 0 Å². The minimum absolute atomic E-state index is 0.0212. The van der Waals surface area contributed by atoms with Gasteiger partial charge in [0.1, 0.15) is 29.8 Å². The van der Waals surface area contributed by atoms with E-state index < -0.39 is 77.8 Å². The summed E-state index contributed by atoms with van der Waals surface area (Å²) in [6, 6.07) is 12.6. The molecule has 0 radical (unpaired) electrons. The maximum Gasteiger partial charge on any atom is 0.408 e. The van der Waals surface area contributed by atoms with Crippen LogP contribution in [0.1, 0.15) is 72.3 Å². The van der Waals surface area contributed by atoms with Gasteiger partial charge in [-0.25, -0.2) is 4.79 Å². The third-order valence-corrected chi connectivity index (χ3v) is 10.7. The lowest BCUT2D eigenvalue weighted by Gasteiger charge is -2.30. The topological polar surface area (TPSA) is 199 Å². The van der Waals surface area contributed by atoms with E-state index in [1.807, 2.05) is 61.2 Å². The number of nitrogens with one attached hydrogen (secondary N) is 5. The zero-order valence-corrected chi connectivity index (χ0v) is 37.9. The standard InChI is InChI=1S/C44H62Cl2N8O8/c1-29(2)25-33(50-41(59)36-14-10-22-54(36)42(60)34(26-30-11-7-6-8-12-30)51-43(61)62-44(3,4)5)39(57)48-28-38(56)53-21-9-13-35(53)40(58)47-27-37(55)49-31-15-17-32(18-16-31)52(23-19-45)24-20-46/h6-8,11-12,15-18,29,33-36H,9-10,13-14,19-28H2,1-5H3,(H,47,58)(H,48,57)(H,49,55)(H,50,59)(H,51,61)/t33-,34+,35-,36-/m0/s1. The Morgan fingerprint density at radius 1 is 0.774 bits per heavy atom. The summed E-state index contributed by atoms with van der Waals surface area (Å²) >= 11 is 11.8. The highest BCUT2D eigenvalue weighted by Crippen LogP contribution is 2.22. The van der Waals surface area contributed by atoms with Gasteiger partial charge < -0.3 is 46.0 Å². The molecule has 2 aliphatic heterocycles. The number of ether oxygens (including phenoxy) is 1. The molecule has 0 bridgehead atoms. The average molecular weight is 902 g/mol. The Morgan fingerprint density at radius 3 is 1.98 bits per heavy atom. The Kier molecular flexibility index (Phi) is 19.1. The molecule has 2 aromatic rings. The van der Waals surface area contributed by atoms with Crippen LogP contribution in [0.15, 0.2) is 54.6 Å². The number of amides is 7. The first-order chi connectivity index (χ1) is 29.5. The highest BCUT2D eigenvalue weighted by Gasteiger charge is 2.40. The molecule has 5 N–H and O–H groups in total. The SMILES string of the molecule is CC(C)C[C@H](NC(=O)[C@@H]1CCCN1C(=O)[C@@H](Cc1ccccc1)NC(=O)OC(C)(C)C)C(=O)NCC(=O)N1CCC[C@H]1C(=O)NCC(=O)Nc1ccc(N(CCCl)CCCl)cc1. The highest BCUT2D eigenvalue weighted by atomic mass is 35.5. The molecule has 2 aliphatic rings. The van der Waals surface area contributed by atoms with Crippen molar-refractivity contribution in [1.29, 1.82) is 0 Å². The number of nitrogens with zero attached hydrogens (tertiary/aromatic N) is 3. The van der Waals surface area contributed by atoms with Crippen molar-refractivity contribution in [3.63, 3.8) is 0 Å². The van der Waals surface area contributed by atoms with E-state index in [1.165, 1.54) is 9.80 Å². The Bertz CT molecular complexity index is 1840. The molecule has 2 aromatic carbocycles. The quantitative estimate of drug-likeness (QED) is 0.123. The molecule has 2 fully saturated rings. The number of alkyl halides is 2. The molecular formula is C44H62Cl2N8O8. The van der Waals surface area contributed by atoms with Crippen molar-refractivity contribution in [1.82, 2.24) is 31.1 Å². The summed E-state index contributed by atoms with van der Waals surface area (Å²) in [4.78, 5) is 98.5. The lowest BCUT2D eigenvalue weighted by Crippen LogP contribution is -2.57. The number of benzene rings is 2. The summed E-state index contributed by atoms with van der Waals surface area (Å²) in [6.07, 6.45) is 1.51. The van der Waals surface area contributed by atoms with Crippen LogP contribution in [-0.2, 0) is 39.9 Å². The summed E-state index contributed by atoms with van der Waals surface area (Å²) in [5.41, 5.74) is 1.46. The Hall–Kier alpha value is -5.09. The molecule has 340 valence electrons. The number of alkyl carbamates (subject to hydrolysis) is 1. The largest absolute Gasteiger partial charge is 0.444 e. The van der Waals surface area contributed by atoms with Crippen LogP contribution in [0.4, 0.5) is 16.2 Å². The fourth-order valence-corrected chi connectivity index (χ4v) is 7.93. The van der Waals surface area contributed by atoms with Gasteiger partial charge in [0.05, 0.1) is 13.1 Å². The predicted octanol–water partition coefficient (Wildman–Crippen LogP) is 3.79. The van der Waals surface area contributed by atoms with Crippen LogP contribution in [0.25, 0.3) is 0 Å². The van der Waals surface area contributed by atoms with Crippen LogP contribution in [-0.4, -0.2) is 132 Å². The van der Waals surface area contributed by atoms with Gasteiger partial charge in [0, 0.05) is 55.7 Å². The van der Waals surface area contributed by atoms with E-state index in [4.69, 9.17) is 27.9 Å². The average Bonchev–Trinajstić information content (AvgIpc) is 3.92.